The molecule has 0 spiro atoms. The van der Waals surface area contributed by atoms with E-state index in [0.29, 0.717) is 0 Å². The number of hydrogen-bond acceptors (Lipinski definition) is 5. The summed E-state index contributed by atoms with van der Waals surface area (Å²) in [6, 6.07) is -1.29. The summed E-state index contributed by atoms with van der Waals surface area (Å²) in [5.41, 5.74) is -0.336. The number of aliphatic carboxylic acids is 1. The second-order valence-electron chi connectivity index (χ2n) is 5.45. The first kappa shape index (κ1) is 22.2. The Bertz CT molecular complexity index is 656. The van der Waals surface area contributed by atoms with Crippen molar-refractivity contribution < 1.29 is 42.1 Å². The van der Waals surface area contributed by atoms with Gasteiger partial charge in [-0.3, -0.25) is 4.79 Å². The third-order valence-corrected chi connectivity index (χ3v) is 3.62. The summed E-state index contributed by atoms with van der Waals surface area (Å²) in [6.07, 6.45) is -5.22. The van der Waals surface area contributed by atoms with Crippen LogP contribution in [0.15, 0.2) is 12.1 Å². The average Bonchev–Trinajstić information content (AvgIpc) is 2.61. The Morgan fingerprint density at radius 2 is 1.67 bits per heavy atom. The van der Waals surface area contributed by atoms with E-state index in [9.17, 15) is 22.8 Å². The highest BCUT2D eigenvalue weighted by atomic mass is 19.4. The van der Waals surface area contributed by atoms with E-state index >= 15 is 0 Å². The highest BCUT2D eigenvalue weighted by Crippen LogP contribution is 2.42. The van der Waals surface area contributed by atoms with Crippen molar-refractivity contribution in [2.24, 2.45) is 0 Å². The zero-order valence-electron chi connectivity index (χ0n) is 15.2. The summed E-state index contributed by atoms with van der Waals surface area (Å²) >= 11 is 0. The predicted molar refractivity (Wildman–Crippen MR) is 88.3 cm³/mol. The normalized spacial score (nSPS) is 12.1. The Balaban J connectivity index is 3.21. The number of carboxylic acid groups (broad SMARTS) is 1. The topological polar surface area (TPSA) is 97.3 Å². The van der Waals surface area contributed by atoms with E-state index in [1.807, 2.05) is 5.32 Å². The molecule has 1 aromatic carbocycles. The third kappa shape index (κ3) is 5.83. The number of hydrogen-bond donors (Lipinski definition) is 2. The van der Waals surface area contributed by atoms with Gasteiger partial charge in [0.25, 0.3) is 0 Å². The Morgan fingerprint density at radius 1 is 1.15 bits per heavy atom. The number of nitrogens with one attached hydrogen (secondary N) is 1. The van der Waals surface area contributed by atoms with Crippen LogP contribution in [0.5, 0.6) is 17.2 Å². The van der Waals surface area contributed by atoms with Gasteiger partial charge in [0.05, 0.1) is 27.8 Å². The van der Waals surface area contributed by atoms with Crippen LogP contribution < -0.4 is 19.5 Å². The number of carbonyl (C=O) groups is 2. The molecule has 0 aromatic heterocycles. The molecule has 8 nitrogen and oxygen atoms in total. The minimum Gasteiger partial charge on any atom is -0.493 e. The SMILES string of the molecule is COc1cc(C(NC(=O)N(C)CCC(=O)O)C(F)(F)F)cc(OC)c1OC. The number of amides is 2. The fourth-order valence-electron chi connectivity index (χ4n) is 2.22. The number of methoxy groups -OCH3 is 3. The van der Waals surface area contributed by atoms with E-state index in [0.717, 1.165) is 17.0 Å². The molecule has 1 atom stereocenters. The van der Waals surface area contributed by atoms with Gasteiger partial charge < -0.3 is 29.5 Å². The molecule has 0 heterocycles. The molecule has 0 aliphatic heterocycles. The molecule has 2 N–H and O–H groups in total. The number of ether oxygens (including phenoxy) is 3. The van der Waals surface area contributed by atoms with Crippen LogP contribution in [0.2, 0.25) is 0 Å². The molecular formula is C16H21F3N2O6. The van der Waals surface area contributed by atoms with Gasteiger partial charge in [-0.2, -0.15) is 13.2 Å². The van der Waals surface area contributed by atoms with E-state index in [1.54, 1.807) is 0 Å². The molecule has 1 unspecified atom stereocenters. The first-order valence-corrected chi connectivity index (χ1v) is 7.65. The van der Waals surface area contributed by atoms with Crippen molar-refractivity contribution in [3.05, 3.63) is 17.7 Å². The molecule has 0 aliphatic rings. The number of alkyl halides is 3. The van der Waals surface area contributed by atoms with Crippen LogP contribution in [0.3, 0.4) is 0 Å². The highest BCUT2D eigenvalue weighted by molar-refractivity contribution is 5.75. The molecule has 0 radical (unpaired) electrons. The fraction of sp³-hybridized carbons (Fsp3) is 0.500. The van der Waals surface area contributed by atoms with Crippen molar-refractivity contribution in [2.75, 3.05) is 34.9 Å². The fourth-order valence-corrected chi connectivity index (χ4v) is 2.22. The van der Waals surface area contributed by atoms with Gasteiger partial charge in [0.1, 0.15) is 0 Å². The van der Waals surface area contributed by atoms with Crippen LogP contribution in [0, 0.1) is 0 Å². The maximum Gasteiger partial charge on any atom is 0.412 e. The second kappa shape index (κ2) is 9.19. The van der Waals surface area contributed by atoms with E-state index in [-0.39, 0.29) is 29.4 Å². The van der Waals surface area contributed by atoms with Gasteiger partial charge in [0.2, 0.25) is 5.75 Å². The molecule has 1 aromatic rings. The largest absolute Gasteiger partial charge is 0.493 e. The molecule has 1 rings (SSSR count). The molecule has 27 heavy (non-hydrogen) atoms. The summed E-state index contributed by atoms with van der Waals surface area (Å²) in [6.45, 7) is -0.249. The van der Waals surface area contributed by atoms with E-state index in [2.05, 4.69) is 0 Å². The van der Waals surface area contributed by atoms with Gasteiger partial charge in [-0.1, -0.05) is 0 Å². The highest BCUT2D eigenvalue weighted by Gasteiger charge is 2.43. The number of benzene rings is 1. The number of halogens is 3. The lowest BCUT2D eigenvalue weighted by atomic mass is 10.0. The number of nitrogens with zero attached hydrogens (tertiary/aromatic N) is 1. The second-order valence-corrected chi connectivity index (χ2v) is 5.45. The molecule has 0 bridgehead atoms. The molecule has 0 fully saturated rings. The number of rotatable bonds is 8. The molecule has 0 saturated heterocycles. The third-order valence-electron chi connectivity index (χ3n) is 3.62. The molecule has 0 aliphatic carbocycles. The lowest BCUT2D eigenvalue weighted by molar-refractivity contribution is -0.155. The summed E-state index contributed by atoms with van der Waals surface area (Å²) in [4.78, 5) is 23.5. The lowest BCUT2D eigenvalue weighted by Gasteiger charge is -2.26. The maximum atomic E-state index is 13.6. The van der Waals surface area contributed by atoms with Crippen LogP contribution in [0.4, 0.5) is 18.0 Å². The molecule has 152 valence electrons. The molecule has 0 saturated carbocycles. The number of carbonyl (C=O) groups excluding carboxylic acids is 1. The van der Waals surface area contributed by atoms with Gasteiger partial charge in [0.15, 0.2) is 17.5 Å². The first-order chi connectivity index (χ1) is 12.5. The maximum absolute atomic E-state index is 13.6. The van der Waals surface area contributed by atoms with Crippen molar-refractivity contribution in [1.29, 1.82) is 0 Å². The van der Waals surface area contributed by atoms with Crippen LogP contribution in [-0.2, 0) is 4.79 Å². The summed E-state index contributed by atoms with van der Waals surface area (Å²) < 4.78 is 55.8. The van der Waals surface area contributed by atoms with Gasteiger partial charge >= 0.3 is 18.2 Å². The van der Waals surface area contributed by atoms with Gasteiger partial charge in [-0.15, -0.1) is 0 Å². The standard InChI is InChI=1S/C16H21F3N2O6/c1-21(6-5-12(22)23)15(24)20-14(16(17,18)19)9-7-10(25-2)13(27-4)11(8-9)26-3/h7-8,14H,5-6H2,1-4H3,(H,20,24)(H,22,23). The Morgan fingerprint density at radius 3 is 2.04 bits per heavy atom. The summed E-state index contributed by atoms with van der Waals surface area (Å²) in [7, 11) is 5.01. The Kier molecular flexibility index (Phi) is 7.56. The van der Waals surface area contributed by atoms with Crippen molar-refractivity contribution in [1.82, 2.24) is 10.2 Å². The first-order valence-electron chi connectivity index (χ1n) is 7.65. The van der Waals surface area contributed by atoms with Crippen LogP contribution in [0.1, 0.15) is 18.0 Å². The summed E-state index contributed by atoms with van der Waals surface area (Å²) in [5, 5.41) is 10.5. The van der Waals surface area contributed by atoms with Crippen molar-refractivity contribution >= 4 is 12.0 Å². The van der Waals surface area contributed by atoms with Crippen LogP contribution in [-0.4, -0.2) is 63.1 Å². The zero-order valence-corrected chi connectivity index (χ0v) is 15.2. The number of carboxylic acids is 1. The van der Waals surface area contributed by atoms with Gasteiger partial charge in [-0.25, -0.2) is 4.79 Å². The van der Waals surface area contributed by atoms with Crippen LogP contribution >= 0.6 is 0 Å². The van der Waals surface area contributed by atoms with Crippen molar-refractivity contribution in [3.8, 4) is 17.2 Å². The van der Waals surface area contributed by atoms with Gasteiger partial charge in [-0.05, 0) is 17.7 Å². The summed E-state index contributed by atoms with van der Waals surface area (Å²) in [5.74, 6) is -1.08. The molecular weight excluding hydrogens is 373 g/mol. The number of urea groups is 1. The zero-order chi connectivity index (χ0) is 20.8. The van der Waals surface area contributed by atoms with E-state index < -0.39 is 30.6 Å². The average molecular weight is 394 g/mol. The lowest BCUT2D eigenvalue weighted by Crippen LogP contribution is -2.44. The predicted octanol–water partition coefficient (Wildman–Crippen LogP) is 2.43. The Hall–Kier alpha value is -2.85. The minimum absolute atomic E-state index is 0.00502. The monoisotopic (exact) mass is 394 g/mol. The van der Waals surface area contributed by atoms with Gasteiger partial charge in [0, 0.05) is 13.6 Å². The molecule has 11 heteroatoms. The smallest absolute Gasteiger partial charge is 0.412 e. The Labute approximate surface area is 153 Å². The van der Waals surface area contributed by atoms with Crippen LogP contribution in [0.25, 0.3) is 0 Å². The molecule has 2 amide bonds. The minimum atomic E-state index is -4.83. The van der Waals surface area contributed by atoms with E-state index in [4.69, 9.17) is 19.3 Å². The van der Waals surface area contributed by atoms with Crippen molar-refractivity contribution in [3.63, 3.8) is 0 Å². The quantitative estimate of drug-likeness (QED) is 0.703. The van der Waals surface area contributed by atoms with Crippen molar-refractivity contribution in [2.45, 2.75) is 18.6 Å². The van der Waals surface area contributed by atoms with E-state index in [1.165, 1.54) is 28.4 Å².